The van der Waals surface area contributed by atoms with E-state index >= 15 is 0 Å². The van der Waals surface area contributed by atoms with Gasteiger partial charge >= 0.3 is 5.97 Å². The van der Waals surface area contributed by atoms with Crippen molar-refractivity contribution < 1.29 is 14.3 Å². The van der Waals surface area contributed by atoms with Crippen molar-refractivity contribution in [1.82, 2.24) is 20.1 Å². The van der Waals surface area contributed by atoms with Crippen molar-refractivity contribution in [2.75, 3.05) is 6.61 Å². The highest BCUT2D eigenvalue weighted by atomic mass is 16.5. The number of nitrogens with zero attached hydrogens (tertiary/aromatic N) is 2. The van der Waals surface area contributed by atoms with E-state index in [2.05, 4.69) is 15.4 Å². The van der Waals surface area contributed by atoms with Gasteiger partial charge in [0.1, 0.15) is 5.69 Å². The number of aromatic amines is 1. The highest BCUT2D eigenvalue weighted by Crippen LogP contribution is 2.19. The number of rotatable bonds is 6. The predicted octanol–water partition coefficient (Wildman–Crippen LogP) is 1.82. The summed E-state index contributed by atoms with van der Waals surface area (Å²) in [6, 6.07) is 1.73. The number of carbonyl (C=O) groups is 2. The van der Waals surface area contributed by atoms with Crippen LogP contribution >= 0.6 is 0 Å². The first-order valence-corrected chi connectivity index (χ1v) is 7.58. The number of ether oxygens (including phenoxy) is 1. The highest BCUT2D eigenvalue weighted by molar-refractivity contribution is 6.00. The molecule has 7 nitrogen and oxygen atoms in total. The fourth-order valence-corrected chi connectivity index (χ4v) is 2.52. The number of aromatic nitrogens is 3. The molecule has 0 saturated heterocycles. The molecule has 0 spiro atoms. The van der Waals surface area contributed by atoms with E-state index in [0.717, 1.165) is 0 Å². The Hall–Kier alpha value is -2.57. The molecule has 7 heteroatoms. The third-order valence-electron chi connectivity index (χ3n) is 3.54. The van der Waals surface area contributed by atoms with Crippen LogP contribution in [0.3, 0.4) is 0 Å². The first-order valence-electron chi connectivity index (χ1n) is 7.58. The lowest BCUT2D eigenvalue weighted by molar-refractivity contribution is 0.0525. The lowest BCUT2D eigenvalue weighted by atomic mass is 10.1. The average molecular weight is 318 g/mol. The zero-order valence-corrected chi connectivity index (χ0v) is 13.8. The first-order chi connectivity index (χ1) is 10.9. The second-order valence-electron chi connectivity index (χ2n) is 5.45. The fraction of sp³-hybridized carbons (Fsp3) is 0.438. The van der Waals surface area contributed by atoms with Gasteiger partial charge in [0.25, 0.3) is 5.91 Å². The molecule has 0 aliphatic heterocycles. The molecule has 1 unspecified atom stereocenters. The van der Waals surface area contributed by atoms with Gasteiger partial charge in [-0.25, -0.2) is 4.79 Å². The van der Waals surface area contributed by atoms with E-state index < -0.39 is 5.97 Å². The van der Waals surface area contributed by atoms with Crippen LogP contribution in [0, 0.1) is 13.8 Å². The molecule has 0 saturated carbocycles. The molecule has 2 aromatic rings. The smallest absolute Gasteiger partial charge is 0.340 e. The van der Waals surface area contributed by atoms with E-state index in [9.17, 15) is 9.59 Å². The summed E-state index contributed by atoms with van der Waals surface area (Å²) in [7, 11) is 0. The van der Waals surface area contributed by atoms with Crippen LogP contribution in [0.1, 0.15) is 46.0 Å². The molecular weight excluding hydrogens is 296 g/mol. The van der Waals surface area contributed by atoms with Gasteiger partial charge in [0, 0.05) is 24.1 Å². The van der Waals surface area contributed by atoms with Gasteiger partial charge in [-0.3, -0.25) is 9.48 Å². The zero-order chi connectivity index (χ0) is 17.0. The largest absolute Gasteiger partial charge is 0.462 e. The van der Waals surface area contributed by atoms with Crippen molar-refractivity contribution >= 4 is 11.9 Å². The van der Waals surface area contributed by atoms with Gasteiger partial charge in [0.15, 0.2) is 0 Å². The zero-order valence-electron chi connectivity index (χ0n) is 13.8. The quantitative estimate of drug-likeness (QED) is 0.795. The number of H-pyrrole nitrogens is 1. The molecule has 2 rings (SSSR count). The Morgan fingerprint density at radius 3 is 2.78 bits per heavy atom. The number of amides is 1. The molecule has 23 heavy (non-hydrogen) atoms. The number of esters is 1. The average Bonchev–Trinajstić information content (AvgIpc) is 3.07. The monoisotopic (exact) mass is 318 g/mol. The summed E-state index contributed by atoms with van der Waals surface area (Å²) in [6.07, 6.45) is 3.53. The van der Waals surface area contributed by atoms with Crippen LogP contribution in [-0.2, 0) is 11.3 Å². The van der Waals surface area contributed by atoms with Crippen molar-refractivity contribution in [3.8, 4) is 0 Å². The normalized spacial score (nSPS) is 12.0. The van der Waals surface area contributed by atoms with Crippen molar-refractivity contribution in [1.29, 1.82) is 0 Å². The standard InChI is InChI=1S/C16H22N4O3/c1-5-23-16(22)13-11(3)14(19-12(13)4)15(21)18-10(2)9-20-8-6-7-17-20/h6-8,10,19H,5,9H2,1-4H3,(H,18,21). The van der Waals surface area contributed by atoms with Gasteiger partial charge in [0.05, 0.1) is 18.7 Å². The molecule has 124 valence electrons. The van der Waals surface area contributed by atoms with Crippen molar-refractivity contribution in [2.45, 2.75) is 40.3 Å². The van der Waals surface area contributed by atoms with E-state index in [1.165, 1.54) is 0 Å². The Bertz CT molecular complexity index is 688. The summed E-state index contributed by atoms with van der Waals surface area (Å²) in [5.41, 5.74) is 2.05. The Balaban J connectivity index is 2.10. The topological polar surface area (TPSA) is 89.0 Å². The van der Waals surface area contributed by atoms with E-state index in [1.807, 2.05) is 19.2 Å². The molecule has 0 fully saturated rings. The number of hydrogen-bond donors (Lipinski definition) is 2. The maximum atomic E-state index is 12.4. The highest BCUT2D eigenvalue weighted by Gasteiger charge is 2.23. The van der Waals surface area contributed by atoms with E-state index in [0.29, 0.717) is 35.7 Å². The predicted molar refractivity (Wildman–Crippen MR) is 85.4 cm³/mol. The van der Waals surface area contributed by atoms with E-state index in [1.54, 1.807) is 31.6 Å². The van der Waals surface area contributed by atoms with E-state index in [-0.39, 0.29) is 11.9 Å². The van der Waals surface area contributed by atoms with Crippen LogP contribution in [0.15, 0.2) is 18.5 Å². The molecule has 0 aromatic carbocycles. The summed E-state index contributed by atoms with van der Waals surface area (Å²) in [5, 5.41) is 7.02. The molecule has 2 N–H and O–H groups in total. The van der Waals surface area contributed by atoms with Gasteiger partial charge in [-0.1, -0.05) is 0 Å². The maximum Gasteiger partial charge on any atom is 0.340 e. The number of nitrogens with one attached hydrogen (secondary N) is 2. The van der Waals surface area contributed by atoms with Gasteiger partial charge in [-0.15, -0.1) is 0 Å². The van der Waals surface area contributed by atoms with Crippen LogP contribution in [0.4, 0.5) is 0 Å². The second kappa shape index (κ2) is 7.13. The lowest BCUT2D eigenvalue weighted by Crippen LogP contribution is -2.36. The van der Waals surface area contributed by atoms with Gasteiger partial charge < -0.3 is 15.0 Å². The second-order valence-corrected chi connectivity index (χ2v) is 5.45. The number of hydrogen-bond acceptors (Lipinski definition) is 4. The van der Waals surface area contributed by atoms with Crippen LogP contribution in [0.5, 0.6) is 0 Å². The minimum absolute atomic E-state index is 0.101. The summed E-state index contributed by atoms with van der Waals surface area (Å²) in [5.74, 6) is -0.664. The van der Waals surface area contributed by atoms with Crippen LogP contribution in [0.25, 0.3) is 0 Å². The third kappa shape index (κ3) is 3.80. The SMILES string of the molecule is CCOC(=O)c1c(C)[nH]c(C(=O)NC(C)Cn2cccn2)c1C. The van der Waals surface area contributed by atoms with Crippen molar-refractivity contribution in [2.24, 2.45) is 0 Å². The van der Waals surface area contributed by atoms with Gasteiger partial charge in [-0.05, 0) is 39.3 Å². The molecule has 1 amide bonds. The molecule has 1 atom stereocenters. The molecule has 2 heterocycles. The summed E-state index contributed by atoms with van der Waals surface area (Å²) in [6.45, 7) is 8.01. The molecule has 0 aliphatic rings. The van der Waals surface area contributed by atoms with Crippen molar-refractivity contribution in [3.05, 3.63) is 41.0 Å². The minimum atomic E-state index is -0.414. The summed E-state index contributed by atoms with van der Waals surface area (Å²) < 4.78 is 6.78. The molecule has 0 aliphatic carbocycles. The molecule has 2 aromatic heterocycles. The maximum absolute atomic E-state index is 12.4. The van der Waals surface area contributed by atoms with Crippen LogP contribution < -0.4 is 5.32 Å². The number of carbonyl (C=O) groups excluding carboxylic acids is 2. The Labute approximate surface area is 135 Å². The Morgan fingerprint density at radius 1 is 1.43 bits per heavy atom. The fourth-order valence-electron chi connectivity index (χ4n) is 2.52. The number of aryl methyl sites for hydroxylation is 1. The van der Waals surface area contributed by atoms with Gasteiger partial charge in [0.2, 0.25) is 0 Å². The summed E-state index contributed by atoms with van der Waals surface area (Å²) >= 11 is 0. The molecular formula is C16H22N4O3. The van der Waals surface area contributed by atoms with Gasteiger partial charge in [-0.2, -0.15) is 5.10 Å². The first kappa shape index (κ1) is 16.8. The third-order valence-corrected chi connectivity index (χ3v) is 3.54. The molecule has 0 bridgehead atoms. The van der Waals surface area contributed by atoms with E-state index in [4.69, 9.17) is 4.74 Å². The minimum Gasteiger partial charge on any atom is -0.462 e. The molecule has 0 radical (unpaired) electrons. The lowest BCUT2D eigenvalue weighted by Gasteiger charge is -2.13. The Morgan fingerprint density at radius 2 is 2.17 bits per heavy atom. The van der Waals surface area contributed by atoms with Crippen LogP contribution in [0.2, 0.25) is 0 Å². The van der Waals surface area contributed by atoms with Crippen molar-refractivity contribution in [3.63, 3.8) is 0 Å². The summed E-state index contributed by atoms with van der Waals surface area (Å²) in [4.78, 5) is 27.4. The van der Waals surface area contributed by atoms with Crippen LogP contribution in [-0.4, -0.2) is 39.3 Å². The Kier molecular flexibility index (Phi) is 5.20.